The third kappa shape index (κ3) is 2.90. The van der Waals surface area contributed by atoms with Gasteiger partial charge in [0.1, 0.15) is 12.2 Å². The molecule has 1 atom stereocenters. The van der Waals surface area contributed by atoms with Gasteiger partial charge >= 0.3 is 0 Å². The van der Waals surface area contributed by atoms with E-state index in [9.17, 15) is 4.79 Å². The monoisotopic (exact) mass is 333 g/mol. The fourth-order valence-electron chi connectivity index (χ4n) is 3.01. The smallest absolute Gasteiger partial charge is 0.255 e. The molecular formula is C18H15N5O2. The zero-order chi connectivity index (χ0) is 17.2. The van der Waals surface area contributed by atoms with Crippen molar-refractivity contribution in [1.29, 1.82) is 5.26 Å². The number of hydrogen-bond acceptors (Lipinski definition) is 5. The van der Waals surface area contributed by atoms with E-state index in [-0.39, 0.29) is 23.6 Å². The van der Waals surface area contributed by atoms with E-state index in [2.05, 4.69) is 9.97 Å². The van der Waals surface area contributed by atoms with Gasteiger partial charge in [0.2, 0.25) is 5.69 Å². The maximum Gasteiger partial charge on any atom is 0.255 e. The van der Waals surface area contributed by atoms with Crippen LogP contribution in [0.2, 0.25) is 0 Å². The number of amides is 1. The molecule has 0 saturated carbocycles. The van der Waals surface area contributed by atoms with Crippen LogP contribution >= 0.6 is 0 Å². The molecule has 0 aromatic carbocycles. The van der Waals surface area contributed by atoms with Crippen LogP contribution in [0.1, 0.15) is 22.5 Å². The molecule has 0 N–H and O–H groups in total. The van der Waals surface area contributed by atoms with Crippen molar-refractivity contribution in [2.75, 3.05) is 13.1 Å². The molecule has 25 heavy (non-hydrogen) atoms. The lowest BCUT2D eigenvalue weighted by atomic mass is 10.3. The number of hydrogen-bond donors (Lipinski definition) is 0. The lowest BCUT2D eigenvalue weighted by Crippen LogP contribution is -2.30. The minimum atomic E-state index is -0.190. The highest BCUT2D eigenvalue weighted by atomic mass is 16.5. The van der Waals surface area contributed by atoms with Gasteiger partial charge in [0.15, 0.2) is 0 Å². The van der Waals surface area contributed by atoms with Crippen LogP contribution in [0.4, 0.5) is 0 Å². The van der Waals surface area contributed by atoms with Gasteiger partial charge in [0.25, 0.3) is 11.8 Å². The molecule has 3 aromatic rings. The number of carbonyl (C=O) groups excluding carboxylic acids is 1. The van der Waals surface area contributed by atoms with Crippen molar-refractivity contribution in [3.05, 3.63) is 60.3 Å². The van der Waals surface area contributed by atoms with E-state index < -0.39 is 0 Å². The maximum atomic E-state index is 12.7. The highest BCUT2D eigenvalue weighted by Crippen LogP contribution is 2.21. The maximum absolute atomic E-state index is 12.7. The molecule has 4 heterocycles. The summed E-state index contributed by atoms with van der Waals surface area (Å²) in [6, 6.07) is 9.67. The van der Waals surface area contributed by atoms with Gasteiger partial charge in [-0.2, -0.15) is 5.26 Å². The number of ether oxygens (including phenoxy) is 1. The first-order valence-corrected chi connectivity index (χ1v) is 7.98. The van der Waals surface area contributed by atoms with E-state index in [1.165, 1.54) is 12.4 Å². The Hall–Kier alpha value is -3.40. The highest BCUT2D eigenvalue weighted by molar-refractivity contribution is 5.95. The van der Waals surface area contributed by atoms with Crippen molar-refractivity contribution in [2.24, 2.45) is 0 Å². The predicted molar refractivity (Wildman–Crippen MR) is 89.1 cm³/mol. The SMILES string of the molecule is N#Cc1nccnc1O[C@H]1CCN(C(=O)c2cc3ccccn3c2)C1. The Labute approximate surface area is 144 Å². The van der Waals surface area contributed by atoms with Gasteiger partial charge in [-0.3, -0.25) is 4.79 Å². The first-order valence-electron chi connectivity index (χ1n) is 7.98. The third-order valence-electron chi connectivity index (χ3n) is 4.23. The summed E-state index contributed by atoms with van der Waals surface area (Å²) in [5.74, 6) is 0.202. The zero-order valence-corrected chi connectivity index (χ0v) is 13.4. The summed E-state index contributed by atoms with van der Waals surface area (Å²) < 4.78 is 7.70. The van der Waals surface area contributed by atoms with Crippen molar-refractivity contribution in [3.63, 3.8) is 0 Å². The van der Waals surface area contributed by atoms with Gasteiger partial charge in [0.05, 0.1) is 12.1 Å². The fourth-order valence-corrected chi connectivity index (χ4v) is 3.01. The Morgan fingerprint density at radius 2 is 2.20 bits per heavy atom. The van der Waals surface area contributed by atoms with E-state index in [1.807, 2.05) is 47.1 Å². The van der Waals surface area contributed by atoms with Gasteiger partial charge in [-0.25, -0.2) is 9.97 Å². The highest BCUT2D eigenvalue weighted by Gasteiger charge is 2.29. The van der Waals surface area contributed by atoms with Gasteiger partial charge < -0.3 is 14.0 Å². The van der Waals surface area contributed by atoms with Crippen molar-refractivity contribution >= 4 is 11.4 Å². The summed E-state index contributed by atoms with van der Waals surface area (Å²) in [5.41, 5.74) is 1.80. The number of nitriles is 1. The largest absolute Gasteiger partial charge is 0.470 e. The van der Waals surface area contributed by atoms with E-state index in [1.54, 1.807) is 4.90 Å². The quantitative estimate of drug-likeness (QED) is 0.731. The number of likely N-dealkylation sites (tertiary alicyclic amines) is 1. The Kier molecular flexibility index (Phi) is 3.78. The Morgan fingerprint density at radius 3 is 3.04 bits per heavy atom. The van der Waals surface area contributed by atoms with E-state index in [0.29, 0.717) is 25.1 Å². The summed E-state index contributed by atoms with van der Waals surface area (Å²) in [4.78, 5) is 22.5. The summed E-state index contributed by atoms with van der Waals surface area (Å²) >= 11 is 0. The van der Waals surface area contributed by atoms with Crippen LogP contribution in [-0.2, 0) is 0 Å². The lowest BCUT2D eigenvalue weighted by molar-refractivity contribution is 0.0771. The molecule has 7 nitrogen and oxygen atoms in total. The van der Waals surface area contributed by atoms with Gasteiger partial charge in [-0.1, -0.05) is 6.07 Å². The lowest BCUT2D eigenvalue weighted by Gasteiger charge is -2.16. The second-order valence-electron chi connectivity index (χ2n) is 5.86. The topological polar surface area (TPSA) is 83.5 Å². The summed E-state index contributed by atoms with van der Waals surface area (Å²) in [6.07, 6.45) is 7.20. The average molecular weight is 333 g/mol. The molecule has 3 aromatic heterocycles. The number of rotatable bonds is 3. The molecule has 1 aliphatic heterocycles. The number of pyridine rings is 1. The summed E-state index contributed by atoms with van der Waals surface area (Å²) in [5, 5.41) is 9.05. The van der Waals surface area contributed by atoms with Crippen LogP contribution in [0.25, 0.3) is 5.52 Å². The summed E-state index contributed by atoms with van der Waals surface area (Å²) in [6.45, 7) is 1.07. The second-order valence-corrected chi connectivity index (χ2v) is 5.86. The molecule has 4 rings (SSSR count). The van der Waals surface area contributed by atoms with Gasteiger partial charge in [0, 0.05) is 43.3 Å². The number of aromatic nitrogens is 3. The van der Waals surface area contributed by atoms with Crippen LogP contribution in [-0.4, -0.2) is 44.4 Å². The van der Waals surface area contributed by atoms with Gasteiger partial charge in [-0.15, -0.1) is 0 Å². The van der Waals surface area contributed by atoms with E-state index in [4.69, 9.17) is 10.00 Å². The molecule has 1 fully saturated rings. The molecule has 1 amide bonds. The van der Waals surface area contributed by atoms with E-state index >= 15 is 0 Å². The third-order valence-corrected chi connectivity index (χ3v) is 4.23. The molecule has 0 unspecified atom stereocenters. The van der Waals surface area contributed by atoms with E-state index in [0.717, 1.165) is 5.52 Å². The van der Waals surface area contributed by atoms with Crippen LogP contribution in [0, 0.1) is 11.3 Å². The van der Waals surface area contributed by atoms with Gasteiger partial charge in [-0.05, 0) is 18.2 Å². The van der Waals surface area contributed by atoms with Crippen LogP contribution in [0.5, 0.6) is 5.88 Å². The zero-order valence-electron chi connectivity index (χ0n) is 13.4. The predicted octanol–water partition coefficient (Wildman–Crippen LogP) is 1.89. The van der Waals surface area contributed by atoms with Crippen molar-refractivity contribution < 1.29 is 9.53 Å². The van der Waals surface area contributed by atoms with Crippen molar-refractivity contribution in [2.45, 2.75) is 12.5 Å². The number of fused-ring (bicyclic) bond motifs is 1. The molecule has 0 aliphatic carbocycles. The molecule has 0 bridgehead atoms. The number of carbonyl (C=O) groups is 1. The molecule has 124 valence electrons. The Balaban J connectivity index is 1.46. The standard InChI is InChI=1S/C18H15N5O2/c19-10-16-17(21-6-5-20-16)25-15-4-8-23(12-15)18(24)13-9-14-3-1-2-7-22(14)11-13/h1-3,5-7,9,11,15H,4,8,12H2/t15-/m0/s1. The number of nitrogens with zero attached hydrogens (tertiary/aromatic N) is 5. The first kappa shape index (κ1) is 15.1. The molecule has 1 aliphatic rings. The Morgan fingerprint density at radius 1 is 1.32 bits per heavy atom. The van der Waals surface area contributed by atoms with Crippen molar-refractivity contribution in [3.8, 4) is 11.9 Å². The minimum absolute atomic E-state index is 0.0190. The molecule has 0 radical (unpaired) electrons. The fraction of sp³-hybridized carbons (Fsp3) is 0.222. The normalized spacial score (nSPS) is 16.8. The molecular weight excluding hydrogens is 318 g/mol. The minimum Gasteiger partial charge on any atom is -0.470 e. The second kappa shape index (κ2) is 6.24. The van der Waals surface area contributed by atoms with Crippen molar-refractivity contribution in [1.82, 2.24) is 19.3 Å². The average Bonchev–Trinajstić information content (AvgIpc) is 3.28. The first-order chi connectivity index (χ1) is 12.2. The van der Waals surface area contributed by atoms with Crippen LogP contribution < -0.4 is 4.74 Å². The molecule has 7 heteroatoms. The van der Waals surface area contributed by atoms with Crippen LogP contribution in [0.3, 0.4) is 0 Å². The Bertz CT molecular complexity index is 942. The summed E-state index contributed by atoms with van der Waals surface area (Å²) in [7, 11) is 0. The van der Waals surface area contributed by atoms with Crippen LogP contribution in [0.15, 0.2) is 49.1 Å². The molecule has 1 saturated heterocycles. The molecule has 0 spiro atoms.